The average Bonchev–Trinajstić information content (AvgIpc) is 3.38. The molecule has 0 spiro atoms. The van der Waals surface area contributed by atoms with Crippen molar-refractivity contribution in [3.8, 4) is 0 Å². The van der Waals surface area contributed by atoms with Crippen LogP contribution < -0.4 is 10.6 Å². The molecule has 0 aliphatic carbocycles. The molecule has 4 saturated heterocycles. The van der Waals surface area contributed by atoms with Crippen LogP contribution in [0.3, 0.4) is 0 Å². The Morgan fingerprint density at radius 3 is 1.20 bits per heavy atom. The lowest BCUT2D eigenvalue weighted by Gasteiger charge is -2.49. The number of ether oxygens (including phenoxy) is 8. The number of aliphatic hydroxyl groups is 16. The molecule has 74 heavy (non-hydrogen) atoms. The number of benzene rings is 3. The van der Waals surface area contributed by atoms with E-state index in [1.165, 1.54) is 48.5 Å². The molecule has 0 bridgehead atoms. The number of carbonyl (C=O) groups is 2. The molecule has 0 radical (unpaired) electrons. The van der Waals surface area contributed by atoms with E-state index in [4.69, 9.17) is 37.9 Å². The summed E-state index contributed by atoms with van der Waals surface area (Å²) >= 11 is 0. The van der Waals surface area contributed by atoms with Crippen molar-refractivity contribution >= 4 is 23.2 Å². The molecule has 0 saturated carbocycles. The second-order valence-electron chi connectivity index (χ2n) is 18.1. The maximum absolute atomic E-state index is 13.5. The Balaban J connectivity index is 0.970. The summed E-state index contributed by atoms with van der Waals surface area (Å²) in [6.07, 6.45) is -36.3. The fraction of sp³-hybridized carbons (Fsp3) is 0.565. The standard InChI is InChI=1S/C46H60N2O26/c1-17-10-19(13-67-45(15-49)35(27(53)31(57)41(65)73-45)69-43-33(59)25(51)29(55)39(63)71-43)6-8-23(17)47-37(61)21-4-3-5-22(12-21)38(62)48-24-9-7-20(11-18(24)2)14-68-46(16-50)36(28(54)32(58)42(66)74-46)70-44-34(60)26(52)30(56)40(64)72-44/h3-12,25-36,39-44,49-60,63-66H,13-16H2,1-2H3,(H,47,61)(H,48,62)/t25-,26-,27-,28-,29-,30-,31+,32+,33+,34+,35-,36-,39-,40-,41+,42+,43+,44+,45+,46+/m0/s1. The second kappa shape index (κ2) is 23.5. The molecule has 4 aliphatic rings. The third-order valence-electron chi connectivity index (χ3n) is 12.9. The van der Waals surface area contributed by atoms with Gasteiger partial charge in [0, 0.05) is 22.5 Å². The van der Waals surface area contributed by atoms with Crippen LogP contribution in [-0.2, 0) is 51.1 Å². The van der Waals surface area contributed by atoms with Crippen molar-refractivity contribution in [3.05, 3.63) is 94.0 Å². The highest BCUT2D eigenvalue weighted by Crippen LogP contribution is 2.38. The summed E-state index contributed by atoms with van der Waals surface area (Å²) in [6.45, 7) is 0.161. The van der Waals surface area contributed by atoms with Gasteiger partial charge in [-0.3, -0.25) is 9.59 Å². The molecule has 0 unspecified atom stereocenters. The Morgan fingerprint density at radius 1 is 0.486 bits per heavy atom. The van der Waals surface area contributed by atoms with Crippen molar-refractivity contribution in [1.82, 2.24) is 0 Å². The fourth-order valence-electron chi connectivity index (χ4n) is 8.53. The van der Waals surface area contributed by atoms with E-state index in [0.717, 1.165) is 0 Å². The summed E-state index contributed by atoms with van der Waals surface area (Å²) in [5.41, 5.74) is 2.55. The van der Waals surface area contributed by atoms with E-state index in [9.17, 15) is 91.3 Å². The minimum Gasteiger partial charge on any atom is -0.391 e. The van der Waals surface area contributed by atoms with Crippen LogP contribution in [-0.4, -0.2) is 229 Å². The van der Waals surface area contributed by atoms with Gasteiger partial charge in [-0.1, -0.05) is 30.3 Å². The van der Waals surface area contributed by atoms with Crippen molar-refractivity contribution in [3.63, 3.8) is 0 Å². The summed E-state index contributed by atoms with van der Waals surface area (Å²) in [5.74, 6) is -6.15. The Bertz CT molecular complexity index is 2260. The van der Waals surface area contributed by atoms with E-state index < -0.39 is 161 Å². The molecule has 28 nitrogen and oxygen atoms in total. The number of aliphatic hydroxyl groups excluding tert-OH is 16. The molecule has 4 heterocycles. The lowest BCUT2D eigenvalue weighted by Crippen LogP contribution is -2.69. The van der Waals surface area contributed by atoms with E-state index in [2.05, 4.69) is 10.6 Å². The van der Waals surface area contributed by atoms with Gasteiger partial charge in [-0.2, -0.15) is 0 Å². The van der Waals surface area contributed by atoms with Crippen LogP contribution in [0.2, 0.25) is 0 Å². The molecule has 7 rings (SSSR count). The van der Waals surface area contributed by atoms with Gasteiger partial charge >= 0.3 is 0 Å². The van der Waals surface area contributed by atoms with Crippen LogP contribution in [0.1, 0.15) is 43.0 Å². The van der Waals surface area contributed by atoms with E-state index in [-0.39, 0.29) is 11.1 Å². The SMILES string of the molecule is Cc1cc(CO[C@]2(CO)O[C@@H](O)[C@H](O)[C@H](O)[C@@H]2O[C@@H]2O[C@H](O)[C@@H](O)[C@H](O)[C@H]2O)ccc1NC(=O)c1cccc(C(=O)Nc2ccc(CO[C@]3(CO)O[C@@H](O)[C@H](O)[C@H](O)[C@@H]3O[C@@H]3O[C@H](O)[C@@H](O)[C@H](O)[C@H]3O)cc2C)c1. The van der Waals surface area contributed by atoms with Crippen molar-refractivity contribution in [2.24, 2.45) is 0 Å². The van der Waals surface area contributed by atoms with E-state index in [1.54, 1.807) is 26.0 Å². The first-order valence-corrected chi connectivity index (χ1v) is 22.9. The number of carbonyl (C=O) groups excluding carboxylic acids is 2. The smallest absolute Gasteiger partial charge is 0.255 e. The number of aryl methyl sites for hydroxylation is 2. The van der Waals surface area contributed by atoms with Gasteiger partial charge in [-0.25, -0.2) is 0 Å². The zero-order valence-electron chi connectivity index (χ0n) is 39.2. The zero-order valence-corrected chi connectivity index (χ0v) is 39.2. The monoisotopic (exact) mass is 1060 g/mol. The number of anilines is 2. The Morgan fingerprint density at radius 2 is 0.851 bits per heavy atom. The maximum atomic E-state index is 13.5. The molecule has 4 fully saturated rings. The molecule has 18 N–H and O–H groups in total. The van der Waals surface area contributed by atoms with Crippen LogP contribution in [0.15, 0.2) is 60.7 Å². The normalized spacial score (nSPS) is 38.6. The number of amides is 2. The molecule has 2 amide bonds. The van der Waals surface area contributed by atoms with E-state index >= 15 is 0 Å². The van der Waals surface area contributed by atoms with E-state index in [1.807, 2.05) is 0 Å². The van der Waals surface area contributed by atoms with Gasteiger partial charge in [0.2, 0.25) is 11.6 Å². The minimum atomic E-state index is -2.46. The molecular weight excluding hydrogens is 996 g/mol. The quantitative estimate of drug-likeness (QED) is 0.0634. The highest BCUT2D eigenvalue weighted by atomic mass is 16.8. The van der Waals surface area contributed by atoms with Gasteiger partial charge in [-0.15, -0.1) is 0 Å². The average molecular weight is 1060 g/mol. The molecule has 4 aliphatic heterocycles. The van der Waals surface area contributed by atoms with Crippen LogP contribution in [0.25, 0.3) is 0 Å². The van der Waals surface area contributed by atoms with Crippen LogP contribution in [0.5, 0.6) is 0 Å². The second-order valence-corrected chi connectivity index (χ2v) is 18.1. The maximum Gasteiger partial charge on any atom is 0.255 e. The van der Waals surface area contributed by atoms with Gasteiger partial charge < -0.3 is 130 Å². The summed E-state index contributed by atoms with van der Waals surface area (Å²) in [6, 6.07) is 14.9. The molecule has 3 aromatic rings. The Labute approximate surface area is 419 Å². The minimum absolute atomic E-state index is 0.0854. The number of nitrogens with one attached hydrogen (secondary N) is 2. The van der Waals surface area contributed by atoms with Crippen molar-refractivity contribution in [2.75, 3.05) is 23.8 Å². The molecule has 0 aromatic heterocycles. The van der Waals surface area contributed by atoms with Crippen LogP contribution >= 0.6 is 0 Å². The van der Waals surface area contributed by atoms with Gasteiger partial charge in [0.15, 0.2) is 37.7 Å². The molecule has 20 atom stereocenters. The summed E-state index contributed by atoms with van der Waals surface area (Å²) < 4.78 is 43.6. The first kappa shape index (κ1) is 57.3. The van der Waals surface area contributed by atoms with Gasteiger partial charge in [0.1, 0.15) is 86.5 Å². The predicted molar refractivity (Wildman–Crippen MR) is 240 cm³/mol. The topological polar surface area (TPSA) is 456 Å². The third kappa shape index (κ3) is 11.8. The summed E-state index contributed by atoms with van der Waals surface area (Å²) in [5, 5.41) is 170. The Kier molecular flexibility index (Phi) is 18.2. The largest absolute Gasteiger partial charge is 0.391 e. The first-order chi connectivity index (χ1) is 34.9. The highest BCUT2D eigenvalue weighted by Gasteiger charge is 2.60. The lowest BCUT2D eigenvalue weighted by molar-refractivity contribution is -0.437. The summed E-state index contributed by atoms with van der Waals surface area (Å²) in [7, 11) is 0. The van der Waals surface area contributed by atoms with Crippen LogP contribution in [0, 0.1) is 13.8 Å². The predicted octanol–water partition coefficient (Wildman–Crippen LogP) is -6.36. The molecular formula is C46H60N2O26. The zero-order chi connectivity index (χ0) is 54.1. The summed E-state index contributed by atoms with van der Waals surface area (Å²) in [4.78, 5) is 27.0. The van der Waals surface area contributed by atoms with Crippen molar-refractivity contribution in [1.29, 1.82) is 0 Å². The van der Waals surface area contributed by atoms with E-state index in [0.29, 0.717) is 33.6 Å². The highest BCUT2D eigenvalue weighted by molar-refractivity contribution is 6.09. The van der Waals surface area contributed by atoms with Gasteiger partial charge in [0.05, 0.1) is 13.2 Å². The fourth-order valence-corrected chi connectivity index (χ4v) is 8.53. The molecule has 410 valence electrons. The van der Waals surface area contributed by atoms with Crippen molar-refractivity contribution in [2.45, 2.75) is 150 Å². The first-order valence-electron chi connectivity index (χ1n) is 22.9. The van der Waals surface area contributed by atoms with Crippen molar-refractivity contribution < 1.29 is 129 Å². The van der Waals surface area contributed by atoms with Gasteiger partial charge in [-0.05, 0) is 66.4 Å². The number of hydrogen-bond donors (Lipinski definition) is 18. The molecule has 3 aromatic carbocycles. The molecule has 28 heteroatoms. The van der Waals surface area contributed by atoms with Crippen LogP contribution in [0.4, 0.5) is 11.4 Å². The Hall–Kier alpha value is -4.36. The third-order valence-corrected chi connectivity index (χ3v) is 12.9. The lowest BCUT2D eigenvalue weighted by atomic mass is 9.95. The van der Waals surface area contributed by atoms with Gasteiger partial charge in [0.25, 0.3) is 11.8 Å². The number of hydrogen-bond acceptors (Lipinski definition) is 26. The number of rotatable bonds is 16.